The van der Waals surface area contributed by atoms with Gasteiger partial charge in [-0.05, 0) is 42.7 Å². The van der Waals surface area contributed by atoms with Crippen LogP contribution in [0.4, 0.5) is 0 Å². The lowest BCUT2D eigenvalue weighted by atomic mass is 10.0. The second-order valence-corrected chi connectivity index (χ2v) is 6.89. The third kappa shape index (κ3) is 5.33. The zero-order valence-corrected chi connectivity index (χ0v) is 16.8. The monoisotopic (exact) mass is 376 g/mol. The van der Waals surface area contributed by atoms with E-state index < -0.39 is 0 Å². The Balaban J connectivity index is 1.67. The standard InChI is InChI=1S/C24H28N2O2/c1-4-22(21-10-7-18(2)8-11-21)26-16-19-9-12-23(27-3)24(14-19)28-17-20-6-5-13-25-15-20/h5-15,22,26H,4,16-17H2,1-3H3. The van der Waals surface area contributed by atoms with Crippen LogP contribution >= 0.6 is 0 Å². The van der Waals surface area contributed by atoms with Gasteiger partial charge in [0.15, 0.2) is 11.5 Å². The number of aromatic nitrogens is 1. The van der Waals surface area contributed by atoms with Gasteiger partial charge < -0.3 is 14.8 Å². The van der Waals surface area contributed by atoms with Gasteiger partial charge in [-0.1, -0.05) is 48.9 Å². The number of nitrogens with one attached hydrogen (secondary N) is 1. The van der Waals surface area contributed by atoms with Crippen LogP contribution < -0.4 is 14.8 Å². The molecule has 1 N–H and O–H groups in total. The minimum absolute atomic E-state index is 0.322. The molecule has 1 heterocycles. The molecule has 0 aliphatic carbocycles. The van der Waals surface area contributed by atoms with Gasteiger partial charge in [0.2, 0.25) is 0 Å². The minimum atomic E-state index is 0.322. The van der Waals surface area contributed by atoms with Crippen molar-refractivity contribution in [2.75, 3.05) is 7.11 Å². The molecule has 0 aliphatic rings. The van der Waals surface area contributed by atoms with Gasteiger partial charge in [-0.2, -0.15) is 0 Å². The first-order valence-electron chi connectivity index (χ1n) is 9.68. The molecule has 3 rings (SSSR count). The van der Waals surface area contributed by atoms with Crippen molar-refractivity contribution in [3.8, 4) is 11.5 Å². The first-order chi connectivity index (χ1) is 13.7. The Labute approximate surface area is 167 Å². The lowest BCUT2D eigenvalue weighted by molar-refractivity contribution is 0.283. The summed E-state index contributed by atoms with van der Waals surface area (Å²) in [6.07, 6.45) is 4.60. The largest absolute Gasteiger partial charge is 0.493 e. The maximum Gasteiger partial charge on any atom is 0.161 e. The maximum absolute atomic E-state index is 5.99. The van der Waals surface area contributed by atoms with Crippen LogP contribution in [-0.2, 0) is 13.2 Å². The zero-order chi connectivity index (χ0) is 19.8. The molecule has 0 bridgehead atoms. The van der Waals surface area contributed by atoms with Gasteiger partial charge in [0.1, 0.15) is 6.61 Å². The number of ether oxygens (including phenoxy) is 2. The van der Waals surface area contributed by atoms with Crippen molar-refractivity contribution in [1.82, 2.24) is 10.3 Å². The van der Waals surface area contributed by atoms with E-state index in [0.717, 1.165) is 35.6 Å². The Kier molecular flexibility index (Phi) is 7.04. The van der Waals surface area contributed by atoms with Crippen molar-refractivity contribution in [1.29, 1.82) is 0 Å². The Bertz CT molecular complexity index is 864. The van der Waals surface area contributed by atoms with Crippen molar-refractivity contribution in [2.45, 2.75) is 39.5 Å². The van der Waals surface area contributed by atoms with Gasteiger partial charge in [0.25, 0.3) is 0 Å². The van der Waals surface area contributed by atoms with Gasteiger partial charge in [-0.3, -0.25) is 4.98 Å². The van der Waals surface area contributed by atoms with Gasteiger partial charge in [0.05, 0.1) is 7.11 Å². The highest BCUT2D eigenvalue weighted by Gasteiger charge is 2.11. The van der Waals surface area contributed by atoms with Gasteiger partial charge >= 0.3 is 0 Å². The van der Waals surface area contributed by atoms with Crippen molar-refractivity contribution >= 4 is 0 Å². The molecule has 28 heavy (non-hydrogen) atoms. The number of nitrogens with zero attached hydrogens (tertiary/aromatic N) is 1. The van der Waals surface area contributed by atoms with E-state index in [9.17, 15) is 0 Å². The van der Waals surface area contributed by atoms with Crippen LogP contribution in [0.2, 0.25) is 0 Å². The SMILES string of the molecule is CCC(NCc1ccc(OC)c(OCc2cccnc2)c1)c1ccc(C)cc1. The summed E-state index contributed by atoms with van der Waals surface area (Å²) in [5, 5.41) is 3.65. The molecule has 1 atom stereocenters. The number of rotatable bonds is 9. The van der Waals surface area contributed by atoms with E-state index in [2.05, 4.69) is 54.5 Å². The summed E-state index contributed by atoms with van der Waals surface area (Å²) in [4.78, 5) is 4.13. The summed E-state index contributed by atoms with van der Waals surface area (Å²) in [5.74, 6) is 1.48. The van der Waals surface area contributed by atoms with Crippen molar-refractivity contribution in [2.24, 2.45) is 0 Å². The molecule has 0 saturated heterocycles. The normalized spacial score (nSPS) is 11.8. The number of methoxy groups -OCH3 is 1. The maximum atomic E-state index is 5.99. The summed E-state index contributed by atoms with van der Waals surface area (Å²) in [5.41, 5.74) is 4.78. The average Bonchev–Trinajstić information content (AvgIpc) is 2.74. The van der Waals surface area contributed by atoms with Gasteiger partial charge in [-0.25, -0.2) is 0 Å². The molecule has 0 amide bonds. The molecule has 0 saturated carbocycles. The minimum Gasteiger partial charge on any atom is -0.493 e. The first-order valence-corrected chi connectivity index (χ1v) is 9.68. The molecule has 2 aromatic carbocycles. The molecule has 3 aromatic rings. The molecule has 1 unspecified atom stereocenters. The highest BCUT2D eigenvalue weighted by molar-refractivity contribution is 5.43. The van der Waals surface area contributed by atoms with Crippen LogP contribution in [0.3, 0.4) is 0 Å². The Morgan fingerprint density at radius 1 is 1.00 bits per heavy atom. The van der Waals surface area contributed by atoms with Crippen LogP contribution in [0.25, 0.3) is 0 Å². The lowest BCUT2D eigenvalue weighted by Gasteiger charge is -2.19. The molecule has 0 fully saturated rings. The fourth-order valence-electron chi connectivity index (χ4n) is 3.13. The lowest BCUT2D eigenvalue weighted by Crippen LogP contribution is -2.20. The molecular formula is C24H28N2O2. The summed E-state index contributed by atoms with van der Waals surface area (Å²) in [6, 6.07) is 19.0. The number of benzene rings is 2. The Morgan fingerprint density at radius 2 is 1.82 bits per heavy atom. The average molecular weight is 377 g/mol. The highest BCUT2D eigenvalue weighted by Crippen LogP contribution is 2.29. The van der Waals surface area contributed by atoms with E-state index in [1.165, 1.54) is 11.1 Å². The number of hydrogen-bond donors (Lipinski definition) is 1. The van der Waals surface area contributed by atoms with E-state index in [0.29, 0.717) is 12.6 Å². The summed E-state index contributed by atoms with van der Waals surface area (Å²) >= 11 is 0. The second-order valence-electron chi connectivity index (χ2n) is 6.89. The predicted molar refractivity (Wildman–Crippen MR) is 113 cm³/mol. The molecule has 1 aromatic heterocycles. The van der Waals surface area contributed by atoms with Crippen molar-refractivity contribution in [3.05, 3.63) is 89.2 Å². The topological polar surface area (TPSA) is 43.4 Å². The Morgan fingerprint density at radius 3 is 2.50 bits per heavy atom. The van der Waals surface area contributed by atoms with Crippen LogP contribution in [-0.4, -0.2) is 12.1 Å². The summed E-state index contributed by atoms with van der Waals surface area (Å²) < 4.78 is 11.4. The summed E-state index contributed by atoms with van der Waals surface area (Å²) in [7, 11) is 1.66. The fraction of sp³-hybridized carbons (Fsp3) is 0.292. The first kappa shape index (κ1) is 19.9. The molecule has 4 heteroatoms. The van der Waals surface area contributed by atoms with Crippen molar-refractivity contribution < 1.29 is 9.47 Å². The van der Waals surface area contributed by atoms with Crippen LogP contribution in [0.5, 0.6) is 11.5 Å². The third-order valence-electron chi connectivity index (χ3n) is 4.79. The van der Waals surface area contributed by atoms with E-state index in [4.69, 9.17) is 9.47 Å². The van der Waals surface area contributed by atoms with Crippen LogP contribution in [0.1, 0.15) is 41.6 Å². The van der Waals surface area contributed by atoms with E-state index in [1.54, 1.807) is 13.3 Å². The molecule has 0 spiro atoms. The third-order valence-corrected chi connectivity index (χ3v) is 4.79. The molecule has 0 radical (unpaired) electrons. The predicted octanol–water partition coefficient (Wildman–Crippen LogP) is 5.22. The smallest absolute Gasteiger partial charge is 0.161 e. The van der Waals surface area contributed by atoms with Gasteiger partial charge in [0, 0.05) is 30.5 Å². The molecule has 4 nitrogen and oxygen atoms in total. The second kappa shape index (κ2) is 9.90. The molecular weight excluding hydrogens is 348 g/mol. The van der Waals surface area contributed by atoms with E-state index >= 15 is 0 Å². The van der Waals surface area contributed by atoms with E-state index in [1.807, 2.05) is 30.5 Å². The zero-order valence-electron chi connectivity index (χ0n) is 16.8. The molecule has 146 valence electrons. The Hall–Kier alpha value is -2.85. The van der Waals surface area contributed by atoms with E-state index in [-0.39, 0.29) is 0 Å². The number of pyridine rings is 1. The van der Waals surface area contributed by atoms with Crippen LogP contribution in [0.15, 0.2) is 67.0 Å². The van der Waals surface area contributed by atoms with Gasteiger partial charge in [-0.15, -0.1) is 0 Å². The fourth-order valence-corrected chi connectivity index (χ4v) is 3.13. The molecule has 0 aliphatic heterocycles. The highest BCUT2D eigenvalue weighted by atomic mass is 16.5. The van der Waals surface area contributed by atoms with Crippen LogP contribution in [0, 0.1) is 6.92 Å². The quantitative estimate of drug-likeness (QED) is 0.556. The summed E-state index contributed by atoms with van der Waals surface area (Å²) in [6.45, 7) is 5.54. The number of aryl methyl sites for hydroxylation is 1. The van der Waals surface area contributed by atoms with Crippen molar-refractivity contribution in [3.63, 3.8) is 0 Å². The number of hydrogen-bond acceptors (Lipinski definition) is 4.